The molecular formula is C19H18N6O. The van der Waals surface area contributed by atoms with Gasteiger partial charge in [-0.25, -0.2) is 9.78 Å². The Hall–Kier alpha value is -3.48. The highest BCUT2D eigenvalue weighted by molar-refractivity contribution is 5.85. The Morgan fingerprint density at radius 2 is 1.81 bits per heavy atom. The summed E-state index contributed by atoms with van der Waals surface area (Å²) in [7, 11) is 0. The van der Waals surface area contributed by atoms with Crippen molar-refractivity contribution in [1.82, 2.24) is 25.2 Å². The molecule has 2 aromatic heterocycles. The van der Waals surface area contributed by atoms with Crippen LogP contribution in [-0.2, 0) is 0 Å². The van der Waals surface area contributed by atoms with Crippen molar-refractivity contribution in [3.05, 3.63) is 76.1 Å². The van der Waals surface area contributed by atoms with Gasteiger partial charge in [0.2, 0.25) is 0 Å². The lowest BCUT2D eigenvalue weighted by Gasteiger charge is -2.14. The smallest absolute Gasteiger partial charge is 0.292 e. The van der Waals surface area contributed by atoms with E-state index in [1.165, 1.54) is 4.68 Å². The fraction of sp³-hybridized carbons (Fsp3) is 0.158. The van der Waals surface area contributed by atoms with Crippen LogP contribution in [0.15, 0.2) is 59.4 Å². The summed E-state index contributed by atoms with van der Waals surface area (Å²) in [6.07, 6.45) is 0. The van der Waals surface area contributed by atoms with E-state index in [4.69, 9.17) is 0 Å². The van der Waals surface area contributed by atoms with Gasteiger partial charge in [0, 0.05) is 0 Å². The standard InChI is InChI=1S/C19H18N6O/c1-12-8-10-15(11-9-12)25-17-16(21-24-25)18(22-23-19(17)26)20-13(2)14-6-4-3-5-7-14/h3-11,13H,1-2H3,(H,20,22)(H,23,26). The second-order valence-electron chi connectivity index (χ2n) is 6.21. The highest BCUT2D eigenvalue weighted by Gasteiger charge is 2.17. The van der Waals surface area contributed by atoms with Gasteiger partial charge in [0.1, 0.15) is 0 Å². The molecule has 0 aliphatic heterocycles. The molecular weight excluding hydrogens is 328 g/mol. The zero-order chi connectivity index (χ0) is 18.1. The molecule has 4 aromatic rings. The van der Waals surface area contributed by atoms with Crippen molar-refractivity contribution in [2.45, 2.75) is 19.9 Å². The fourth-order valence-electron chi connectivity index (χ4n) is 2.86. The third kappa shape index (κ3) is 2.83. The molecule has 0 amide bonds. The second-order valence-corrected chi connectivity index (χ2v) is 6.21. The lowest BCUT2D eigenvalue weighted by molar-refractivity contribution is 0.820. The number of anilines is 1. The van der Waals surface area contributed by atoms with E-state index in [2.05, 4.69) is 25.8 Å². The quantitative estimate of drug-likeness (QED) is 0.593. The summed E-state index contributed by atoms with van der Waals surface area (Å²) in [6, 6.07) is 17.7. The monoisotopic (exact) mass is 346 g/mol. The van der Waals surface area contributed by atoms with Gasteiger partial charge < -0.3 is 5.32 Å². The Morgan fingerprint density at radius 3 is 2.54 bits per heavy atom. The molecule has 7 heteroatoms. The molecule has 1 unspecified atom stereocenters. The van der Waals surface area contributed by atoms with Gasteiger partial charge in [-0.1, -0.05) is 53.2 Å². The number of benzene rings is 2. The van der Waals surface area contributed by atoms with Crippen LogP contribution in [0.25, 0.3) is 16.7 Å². The zero-order valence-corrected chi connectivity index (χ0v) is 14.5. The summed E-state index contributed by atoms with van der Waals surface area (Å²) in [5.41, 5.74) is 3.50. The summed E-state index contributed by atoms with van der Waals surface area (Å²) in [4.78, 5) is 12.4. The van der Waals surface area contributed by atoms with E-state index in [1.54, 1.807) is 0 Å². The van der Waals surface area contributed by atoms with Gasteiger partial charge in [-0.15, -0.1) is 5.10 Å². The third-order valence-electron chi connectivity index (χ3n) is 4.31. The first-order chi connectivity index (χ1) is 12.6. The van der Waals surface area contributed by atoms with E-state index in [0.717, 1.165) is 16.8 Å². The van der Waals surface area contributed by atoms with E-state index in [1.807, 2.05) is 68.4 Å². The molecule has 0 radical (unpaired) electrons. The van der Waals surface area contributed by atoms with Crippen molar-refractivity contribution in [3.8, 4) is 5.69 Å². The molecule has 2 N–H and O–H groups in total. The van der Waals surface area contributed by atoms with Crippen LogP contribution in [0.3, 0.4) is 0 Å². The predicted octanol–water partition coefficient (Wildman–Crippen LogP) is 2.99. The maximum atomic E-state index is 12.4. The Bertz CT molecular complexity index is 1100. The molecule has 2 aromatic carbocycles. The van der Waals surface area contributed by atoms with Gasteiger partial charge >= 0.3 is 0 Å². The van der Waals surface area contributed by atoms with Gasteiger partial charge in [-0.2, -0.15) is 5.10 Å². The van der Waals surface area contributed by atoms with Crippen LogP contribution in [0, 0.1) is 6.92 Å². The van der Waals surface area contributed by atoms with E-state index < -0.39 is 0 Å². The molecule has 0 spiro atoms. The Labute approximate surface area is 149 Å². The van der Waals surface area contributed by atoms with Crippen molar-refractivity contribution < 1.29 is 0 Å². The third-order valence-corrected chi connectivity index (χ3v) is 4.31. The van der Waals surface area contributed by atoms with Gasteiger partial charge in [-0.3, -0.25) is 4.79 Å². The minimum absolute atomic E-state index is 0.00215. The highest BCUT2D eigenvalue weighted by Crippen LogP contribution is 2.22. The summed E-state index contributed by atoms with van der Waals surface area (Å²) in [5.74, 6) is 0.495. The van der Waals surface area contributed by atoms with Crippen molar-refractivity contribution in [3.63, 3.8) is 0 Å². The molecule has 0 fully saturated rings. The number of fused-ring (bicyclic) bond motifs is 1. The lowest BCUT2D eigenvalue weighted by Crippen LogP contribution is -2.16. The Kier molecular flexibility index (Phi) is 3.96. The number of hydrogen-bond acceptors (Lipinski definition) is 5. The van der Waals surface area contributed by atoms with E-state index >= 15 is 0 Å². The van der Waals surface area contributed by atoms with Crippen LogP contribution in [0.1, 0.15) is 24.1 Å². The van der Waals surface area contributed by atoms with Crippen LogP contribution < -0.4 is 10.9 Å². The first-order valence-corrected chi connectivity index (χ1v) is 8.36. The molecule has 0 saturated carbocycles. The Morgan fingerprint density at radius 1 is 1.08 bits per heavy atom. The summed E-state index contributed by atoms with van der Waals surface area (Å²) in [5, 5.41) is 18.3. The van der Waals surface area contributed by atoms with Crippen LogP contribution in [0.4, 0.5) is 5.82 Å². The summed E-state index contributed by atoms with van der Waals surface area (Å²) < 4.78 is 1.54. The van der Waals surface area contributed by atoms with Gasteiger partial charge in [0.25, 0.3) is 5.56 Å². The maximum Gasteiger partial charge on any atom is 0.292 e. The van der Waals surface area contributed by atoms with Gasteiger partial charge in [0.05, 0.1) is 11.7 Å². The molecule has 2 heterocycles. The number of nitrogens with zero attached hydrogens (tertiary/aromatic N) is 4. The van der Waals surface area contributed by atoms with Crippen molar-refractivity contribution in [1.29, 1.82) is 0 Å². The van der Waals surface area contributed by atoms with E-state index in [0.29, 0.717) is 16.9 Å². The molecule has 0 saturated heterocycles. The second kappa shape index (κ2) is 6.44. The molecule has 0 bridgehead atoms. The first kappa shape index (κ1) is 16.0. The number of nitrogens with one attached hydrogen (secondary N) is 2. The topological polar surface area (TPSA) is 88.5 Å². The summed E-state index contributed by atoms with van der Waals surface area (Å²) in [6.45, 7) is 4.03. The van der Waals surface area contributed by atoms with Crippen LogP contribution in [0.2, 0.25) is 0 Å². The van der Waals surface area contributed by atoms with Crippen LogP contribution in [-0.4, -0.2) is 25.2 Å². The number of aromatic amines is 1. The molecule has 7 nitrogen and oxygen atoms in total. The fourth-order valence-corrected chi connectivity index (χ4v) is 2.86. The van der Waals surface area contributed by atoms with Crippen molar-refractivity contribution in [2.75, 3.05) is 5.32 Å². The number of hydrogen-bond donors (Lipinski definition) is 2. The number of aryl methyl sites for hydroxylation is 1. The lowest BCUT2D eigenvalue weighted by atomic mass is 10.1. The minimum atomic E-state index is -0.330. The maximum absolute atomic E-state index is 12.4. The SMILES string of the molecule is Cc1ccc(-n2nnc3c(NC(C)c4ccccc4)n[nH]c(=O)c32)cc1. The number of aromatic nitrogens is 5. The number of H-pyrrole nitrogens is 1. The highest BCUT2D eigenvalue weighted by atomic mass is 16.1. The van der Waals surface area contributed by atoms with Crippen LogP contribution >= 0.6 is 0 Å². The minimum Gasteiger partial charge on any atom is -0.360 e. The predicted molar refractivity (Wildman–Crippen MR) is 100 cm³/mol. The number of rotatable bonds is 4. The van der Waals surface area contributed by atoms with E-state index in [-0.39, 0.29) is 11.6 Å². The molecule has 0 aliphatic carbocycles. The normalized spacial score (nSPS) is 12.2. The zero-order valence-electron chi connectivity index (χ0n) is 14.5. The molecule has 4 rings (SSSR count). The average molecular weight is 346 g/mol. The summed E-state index contributed by atoms with van der Waals surface area (Å²) >= 11 is 0. The Balaban J connectivity index is 1.77. The van der Waals surface area contributed by atoms with Gasteiger partial charge in [-0.05, 0) is 31.5 Å². The first-order valence-electron chi connectivity index (χ1n) is 8.36. The van der Waals surface area contributed by atoms with Crippen molar-refractivity contribution in [2.24, 2.45) is 0 Å². The average Bonchev–Trinajstić information content (AvgIpc) is 3.11. The van der Waals surface area contributed by atoms with Crippen molar-refractivity contribution >= 4 is 16.9 Å². The molecule has 130 valence electrons. The largest absolute Gasteiger partial charge is 0.360 e. The molecule has 0 aliphatic rings. The molecule has 26 heavy (non-hydrogen) atoms. The van der Waals surface area contributed by atoms with Crippen LogP contribution in [0.5, 0.6) is 0 Å². The molecule has 1 atom stereocenters. The van der Waals surface area contributed by atoms with E-state index in [9.17, 15) is 4.79 Å². The van der Waals surface area contributed by atoms with Gasteiger partial charge in [0.15, 0.2) is 16.9 Å².